The van der Waals surface area contributed by atoms with Crippen LogP contribution in [-0.4, -0.2) is 22.7 Å². The minimum Gasteiger partial charge on any atom is -0.393 e. The standard InChI is InChI=1S/C6H13NO3/c1-2-6(8)4-3-5-7(9)10/h6,8H,2-5H2,1H3/t6-/m1/s1. The molecule has 0 aliphatic heterocycles. The molecule has 0 fully saturated rings. The molecule has 0 heterocycles. The highest BCUT2D eigenvalue weighted by Crippen LogP contribution is 1.99. The Hall–Kier alpha value is -0.640. The Kier molecular flexibility index (Phi) is 4.84. The van der Waals surface area contributed by atoms with E-state index in [1.165, 1.54) is 0 Å². The summed E-state index contributed by atoms with van der Waals surface area (Å²) in [4.78, 5) is 9.43. The molecular weight excluding hydrogens is 134 g/mol. The smallest absolute Gasteiger partial charge is 0.204 e. The number of aliphatic hydroxyl groups is 1. The average molecular weight is 147 g/mol. The molecule has 10 heavy (non-hydrogen) atoms. The zero-order valence-corrected chi connectivity index (χ0v) is 6.12. The molecule has 0 aromatic rings. The Morgan fingerprint density at radius 1 is 1.70 bits per heavy atom. The molecule has 0 saturated heterocycles. The highest BCUT2D eigenvalue weighted by molar-refractivity contribution is 4.50. The molecule has 0 saturated carbocycles. The molecule has 60 valence electrons. The van der Waals surface area contributed by atoms with Gasteiger partial charge in [-0.1, -0.05) is 6.92 Å². The second-order valence-corrected chi connectivity index (χ2v) is 2.26. The third-order valence-corrected chi connectivity index (χ3v) is 1.35. The second-order valence-electron chi connectivity index (χ2n) is 2.26. The van der Waals surface area contributed by atoms with E-state index in [2.05, 4.69) is 0 Å². The zero-order valence-electron chi connectivity index (χ0n) is 6.12. The lowest BCUT2D eigenvalue weighted by Gasteiger charge is -2.03. The fraction of sp³-hybridized carbons (Fsp3) is 1.00. The van der Waals surface area contributed by atoms with Crippen molar-refractivity contribution in [2.75, 3.05) is 6.54 Å². The van der Waals surface area contributed by atoms with E-state index in [0.717, 1.165) is 0 Å². The molecule has 0 aromatic heterocycles. The van der Waals surface area contributed by atoms with Gasteiger partial charge in [0.05, 0.1) is 6.10 Å². The largest absolute Gasteiger partial charge is 0.393 e. The summed E-state index contributed by atoms with van der Waals surface area (Å²) in [7, 11) is 0. The molecule has 1 atom stereocenters. The Bertz CT molecular complexity index is 105. The Morgan fingerprint density at radius 2 is 2.30 bits per heavy atom. The first kappa shape index (κ1) is 9.36. The van der Waals surface area contributed by atoms with Gasteiger partial charge in [-0.3, -0.25) is 10.1 Å². The van der Waals surface area contributed by atoms with Crippen LogP contribution in [0.15, 0.2) is 0 Å². The summed E-state index contributed by atoms with van der Waals surface area (Å²) < 4.78 is 0. The second kappa shape index (κ2) is 5.17. The molecular formula is C6H13NO3. The maximum atomic E-state index is 9.79. The Morgan fingerprint density at radius 3 is 2.70 bits per heavy atom. The van der Waals surface area contributed by atoms with Gasteiger partial charge in [0.1, 0.15) is 0 Å². The van der Waals surface area contributed by atoms with Crippen molar-refractivity contribution in [2.24, 2.45) is 0 Å². The van der Waals surface area contributed by atoms with Gasteiger partial charge in [0.15, 0.2) is 0 Å². The van der Waals surface area contributed by atoms with E-state index in [1.807, 2.05) is 6.92 Å². The summed E-state index contributed by atoms with van der Waals surface area (Å²) in [6.45, 7) is 1.83. The van der Waals surface area contributed by atoms with Crippen LogP contribution in [-0.2, 0) is 0 Å². The third kappa shape index (κ3) is 5.50. The maximum Gasteiger partial charge on any atom is 0.204 e. The molecule has 0 unspecified atom stereocenters. The van der Waals surface area contributed by atoms with Crippen LogP contribution in [0.5, 0.6) is 0 Å². The molecule has 1 N–H and O–H groups in total. The summed E-state index contributed by atoms with van der Waals surface area (Å²) in [5.41, 5.74) is 0. The van der Waals surface area contributed by atoms with Gasteiger partial charge in [-0.05, 0) is 12.8 Å². The van der Waals surface area contributed by atoms with Crippen LogP contribution < -0.4 is 0 Å². The van der Waals surface area contributed by atoms with Gasteiger partial charge in [0.2, 0.25) is 6.54 Å². The van der Waals surface area contributed by atoms with Crippen LogP contribution in [0.1, 0.15) is 26.2 Å². The van der Waals surface area contributed by atoms with Crippen LogP contribution in [0.4, 0.5) is 0 Å². The summed E-state index contributed by atoms with van der Waals surface area (Å²) in [5, 5.41) is 18.7. The fourth-order valence-electron chi connectivity index (χ4n) is 0.660. The number of hydrogen-bond donors (Lipinski definition) is 1. The quantitative estimate of drug-likeness (QED) is 0.462. The van der Waals surface area contributed by atoms with Gasteiger partial charge in [0, 0.05) is 11.3 Å². The minimum atomic E-state index is -0.361. The number of nitro groups is 1. The lowest BCUT2D eigenvalue weighted by atomic mass is 10.1. The molecule has 4 heteroatoms. The predicted octanol–water partition coefficient (Wildman–Crippen LogP) is 0.814. The minimum absolute atomic E-state index is 0.0307. The molecule has 0 bridgehead atoms. The first-order chi connectivity index (χ1) is 4.66. The van der Waals surface area contributed by atoms with E-state index in [4.69, 9.17) is 5.11 Å². The average Bonchev–Trinajstić information content (AvgIpc) is 1.87. The van der Waals surface area contributed by atoms with E-state index < -0.39 is 0 Å². The number of nitrogens with zero attached hydrogens (tertiary/aromatic N) is 1. The van der Waals surface area contributed by atoms with Crippen molar-refractivity contribution < 1.29 is 10.0 Å². The van der Waals surface area contributed by atoms with Gasteiger partial charge >= 0.3 is 0 Å². The highest BCUT2D eigenvalue weighted by Gasteiger charge is 2.02. The summed E-state index contributed by atoms with van der Waals surface area (Å²) in [6, 6.07) is 0. The summed E-state index contributed by atoms with van der Waals surface area (Å²) in [5.74, 6) is 0. The van der Waals surface area contributed by atoms with E-state index >= 15 is 0 Å². The SMILES string of the molecule is CC[C@@H](O)CCC[N+](=O)[O-]. The van der Waals surface area contributed by atoms with E-state index in [1.54, 1.807) is 0 Å². The van der Waals surface area contributed by atoms with Crippen molar-refractivity contribution in [1.82, 2.24) is 0 Å². The fourth-order valence-corrected chi connectivity index (χ4v) is 0.660. The van der Waals surface area contributed by atoms with Crippen molar-refractivity contribution in [3.63, 3.8) is 0 Å². The monoisotopic (exact) mass is 147 g/mol. The van der Waals surface area contributed by atoms with E-state index in [9.17, 15) is 10.1 Å². The summed E-state index contributed by atoms with van der Waals surface area (Å²) >= 11 is 0. The molecule has 0 aliphatic rings. The molecule has 0 spiro atoms. The number of aliphatic hydroxyl groups excluding tert-OH is 1. The molecule has 0 rings (SSSR count). The molecule has 4 nitrogen and oxygen atoms in total. The molecule has 0 aromatic carbocycles. The van der Waals surface area contributed by atoms with Gasteiger partial charge in [-0.2, -0.15) is 0 Å². The third-order valence-electron chi connectivity index (χ3n) is 1.35. The maximum absolute atomic E-state index is 9.79. The summed E-state index contributed by atoms with van der Waals surface area (Å²) in [6.07, 6.45) is 1.33. The first-order valence-electron chi connectivity index (χ1n) is 3.46. The van der Waals surface area contributed by atoms with Crippen LogP contribution in [0.2, 0.25) is 0 Å². The topological polar surface area (TPSA) is 63.4 Å². The zero-order chi connectivity index (χ0) is 7.98. The lowest BCUT2D eigenvalue weighted by Crippen LogP contribution is -2.08. The van der Waals surface area contributed by atoms with Crippen molar-refractivity contribution in [3.8, 4) is 0 Å². The van der Waals surface area contributed by atoms with Crippen LogP contribution in [0.3, 0.4) is 0 Å². The van der Waals surface area contributed by atoms with Gasteiger partial charge in [-0.15, -0.1) is 0 Å². The molecule has 0 amide bonds. The molecule has 0 aliphatic carbocycles. The van der Waals surface area contributed by atoms with Crippen molar-refractivity contribution in [1.29, 1.82) is 0 Å². The first-order valence-corrected chi connectivity index (χ1v) is 3.46. The van der Waals surface area contributed by atoms with Gasteiger partial charge < -0.3 is 5.11 Å². The number of rotatable bonds is 5. The van der Waals surface area contributed by atoms with Crippen LogP contribution >= 0.6 is 0 Å². The van der Waals surface area contributed by atoms with Crippen LogP contribution in [0, 0.1) is 10.1 Å². The Balaban J connectivity index is 3.11. The normalized spacial score (nSPS) is 13.0. The van der Waals surface area contributed by atoms with E-state index in [-0.39, 0.29) is 17.6 Å². The van der Waals surface area contributed by atoms with Gasteiger partial charge in [-0.25, -0.2) is 0 Å². The predicted molar refractivity (Wildman–Crippen MR) is 37.4 cm³/mol. The van der Waals surface area contributed by atoms with Crippen molar-refractivity contribution >= 4 is 0 Å². The van der Waals surface area contributed by atoms with Crippen molar-refractivity contribution in [3.05, 3.63) is 10.1 Å². The highest BCUT2D eigenvalue weighted by atomic mass is 16.6. The van der Waals surface area contributed by atoms with E-state index in [0.29, 0.717) is 19.3 Å². The van der Waals surface area contributed by atoms with Crippen molar-refractivity contribution in [2.45, 2.75) is 32.3 Å². The lowest BCUT2D eigenvalue weighted by molar-refractivity contribution is -0.480. The van der Waals surface area contributed by atoms with Gasteiger partial charge in [0.25, 0.3) is 0 Å². The number of hydrogen-bond acceptors (Lipinski definition) is 3. The van der Waals surface area contributed by atoms with Crippen LogP contribution in [0.25, 0.3) is 0 Å². The Labute approximate surface area is 60.0 Å². The molecule has 0 radical (unpaired) electrons.